The third-order valence-corrected chi connectivity index (χ3v) is 12.5. The summed E-state index contributed by atoms with van der Waals surface area (Å²) in [6.07, 6.45) is 5.81. The number of benzene rings is 3. The van der Waals surface area contributed by atoms with Crippen LogP contribution in [0, 0.1) is 0 Å². The van der Waals surface area contributed by atoms with Crippen LogP contribution in [-0.2, 0) is 16.1 Å². The molecule has 6 rings (SSSR count). The van der Waals surface area contributed by atoms with E-state index in [0.29, 0.717) is 6.61 Å². The fourth-order valence-electron chi connectivity index (χ4n) is 6.78. The van der Waals surface area contributed by atoms with Gasteiger partial charge in [-0.2, -0.15) is 0 Å². The molecular formula is C34H41NO4S2. The Bertz CT molecular complexity index is 1300. The van der Waals surface area contributed by atoms with Gasteiger partial charge >= 0.3 is 0 Å². The van der Waals surface area contributed by atoms with Crippen molar-refractivity contribution in [2.75, 3.05) is 52.0 Å². The predicted octanol–water partition coefficient (Wildman–Crippen LogP) is 6.82. The molecule has 5 nitrogen and oxygen atoms in total. The van der Waals surface area contributed by atoms with Crippen molar-refractivity contribution in [3.05, 3.63) is 89.0 Å². The number of aliphatic hydroxyl groups is 1. The molecule has 218 valence electrons. The van der Waals surface area contributed by atoms with Gasteiger partial charge in [-0.3, -0.25) is 4.90 Å². The fraction of sp³-hybridized carbons (Fsp3) is 0.471. The van der Waals surface area contributed by atoms with Gasteiger partial charge in [0.2, 0.25) is 0 Å². The highest BCUT2D eigenvalue weighted by molar-refractivity contribution is 8.18. The summed E-state index contributed by atoms with van der Waals surface area (Å²) >= 11 is 3.78. The van der Waals surface area contributed by atoms with Crippen molar-refractivity contribution in [1.29, 1.82) is 0 Å². The summed E-state index contributed by atoms with van der Waals surface area (Å²) in [7, 11) is 3.39. The van der Waals surface area contributed by atoms with Gasteiger partial charge in [0.1, 0.15) is 33.5 Å². The monoisotopic (exact) mass is 591 g/mol. The number of rotatable bonds is 9. The molecule has 0 bridgehead atoms. The van der Waals surface area contributed by atoms with E-state index < -0.39 is 9.68 Å². The van der Waals surface area contributed by atoms with Crippen molar-refractivity contribution >= 4 is 23.5 Å². The SMILES string of the molecule is COc1ccc(C2Cc3cc(OC)ccc3C2(O)C2(c3ccc(OCCN4CCCCC4)cc3)SCCCS2)cc1. The first-order chi connectivity index (χ1) is 20.1. The van der Waals surface area contributed by atoms with Gasteiger partial charge in [-0.25, -0.2) is 0 Å². The molecule has 0 aromatic heterocycles. The summed E-state index contributed by atoms with van der Waals surface area (Å²) in [5.74, 6) is 4.43. The molecule has 0 radical (unpaired) electrons. The number of hydrogen-bond donors (Lipinski definition) is 1. The second-order valence-electron chi connectivity index (χ2n) is 11.3. The Morgan fingerprint density at radius 1 is 0.805 bits per heavy atom. The van der Waals surface area contributed by atoms with Crippen LogP contribution in [0.1, 0.15) is 53.9 Å². The van der Waals surface area contributed by atoms with E-state index in [-0.39, 0.29) is 5.92 Å². The van der Waals surface area contributed by atoms with E-state index >= 15 is 0 Å². The zero-order chi connectivity index (χ0) is 28.3. The Labute approximate surface area is 253 Å². The number of methoxy groups -OCH3 is 2. The molecule has 3 aromatic carbocycles. The van der Waals surface area contributed by atoms with Crippen LogP contribution in [0.5, 0.6) is 17.2 Å². The van der Waals surface area contributed by atoms with Gasteiger partial charge in [-0.05, 0) is 109 Å². The summed E-state index contributed by atoms with van der Waals surface area (Å²) in [6.45, 7) is 4.04. The number of nitrogens with zero attached hydrogens (tertiary/aromatic N) is 1. The molecule has 0 amide bonds. The quantitative estimate of drug-likeness (QED) is 0.293. The van der Waals surface area contributed by atoms with E-state index in [1.54, 1.807) is 14.2 Å². The molecule has 2 unspecified atom stereocenters. The topological polar surface area (TPSA) is 51.2 Å². The van der Waals surface area contributed by atoms with E-state index in [4.69, 9.17) is 14.2 Å². The normalized spacial score (nSPS) is 24.0. The van der Waals surface area contributed by atoms with Crippen LogP contribution >= 0.6 is 23.5 Å². The molecule has 2 heterocycles. The molecule has 2 saturated heterocycles. The standard InChI is InChI=1S/C34H41NO4S2/c1-37-28-11-7-25(8-12-28)32-24-26-23-30(38-2)15-16-31(26)33(32,36)34(40-21-6-22-41-34)27-9-13-29(14-10-27)39-20-19-35-17-4-3-5-18-35/h7-16,23,32,36H,3-6,17-22,24H2,1-2H3. The number of fused-ring (bicyclic) bond motifs is 1. The number of piperidine rings is 1. The van der Waals surface area contributed by atoms with Gasteiger partial charge in [0.15, 0.2) is 0 Å². The third-order valence-electron chi connectivity index (χ3n) is 8.93. The maximum atomic E-state index is 13.3. The first-order valence-corrected chi connectivity index (χ1v) is 16.8. The highest BCUT2D eigenvalue weighted by Crippen LogP contribution is 2.67. The minimum atomic E-state index is -1.13. The highest BCUT2D eigenvalue weighted by atomic mass is 32.2. The van der Waals surface area contributed by atoms with Gasteiger partial charge in [0, 0.05) is 12.5 Å². The van der Waals surface area contributed by atoms with Gasteiger partial charge in [0.25, 0.3) is 0 Å². The van der Waals surface area contributed by atoms with Crippen molar-refractivity contribution in [2.24, 2.45) is 0 Å². The zero-order valence-corrected chi connectivity index (χ0v) is 25.8. The summed E-state index contributed by atoms with van der Waals surface area (Å²) in [4.78, 5) is 2.50. The minimum Gasteiger partial charge on any atom is -0.497 e. The zero-order valence-electron chi connectivity index (χ0n) is 24.1. The van der Waals surface area contributed by atoms with Gasteiger partial charge < -0.3 is 19.3 Å². The molecule has 7 heteroatoms. The van der Waals surface area contributed by atoms with Crippen molar-refractivity contribution in [3.8, 4) is 17.2 Å². The molecule has 2 aliphatic heterocycles. The van der Waals surface area contributed by atoms with Crippen LogP contribution in [0.3, 0.4) is 0 Å². The summed E-state index contributed by atoms with van der Waals surface area (Å²) in [5.41, 5.74) is 3.28. The second kappa shape index (κ2) is 12.5. The third kappa shape index (κ3) is 5.47. The maximum absolute atomic E-state index is 13.3. The largest absolute Gasteiger partial charge is 0.497 e. The smallest absolute Gasteiger partial charge is 0.125 e. The lowest BCUT2D eigenvalue weighted by Crippen LogP contribution is -2.49. The molecule has 0 saturated carbocycles. The number of hydrogen-bond acceptors (Lipinski definition) is 7. The Morgan fingerprint density at radius 3 is 2.15 bits per heavy atom. The maximum Gasteiger partial charge on any atom is 0.125 e. The molecule has 3 aliphatic rings. The average molecular weight is 592 g/mol. The Morgan fingerprint density at radius 2 is 1.46 bits per heavy atom. The Balaban J connectivity index is 1.35. The summed E-state index contributed by atoms with van der Waals surface area (Å²) in [6, 6.07) is 23.0. The van der Waals surface area contributed by atoms with Crippen LogP contribution in [0.2, 0.25) is 0 Å². The number of ether oxygens (including phenoxy) is 3. The first kappa shape index (κ1) is 28.8. The highest BCUT2D eigenvalue weighted by Gasteiger charge is 2.62. The molecule has 41 heavy (non-hydrogen) atoms. The van der Waals surface area contributed by atoms with E-state index in [2.05, 4.69) is 53.4 Å². The van der Waals surface area contributed by atoms with Crippen LogP contribution in [0.25, 0.3) is 0 Å². The number of thioether (sulfide) groups is 2. The van der Waals surface area contributed by atoms with Crippen molar-refractivity contribution < 1.29 is 19.3 Å². The molecule has 3 aromatic rings. The Kier molecular flexibility index (Phi) is 8.78. The average Bonchev–Trinajstić information content (AvgIpc) is 3.35. The van der Waals surface area contributed by atoms with E-state index in [1.165, 1.54) is 32.4 Å². The Hall–Kier alpha value is -2.32. The van der Waals surface area contributed by atoms with E-state index in [0.717, 1.165) is 70.4 Å². The molecule has 2 fully saturated rings. The van der Waals surface area contributed by atoms with Gasteiger partial charge in [-0.15, -0.1) is 23.5 Å². The molecule has 2 atom stereocenters. The fourth-order valence-corrected chi connectivity index (χ4v) is 10.5. The van der Waals surface area contributed by atoms with Gasteiger partial charge in [0.05, 0.1) is 14.2 Å². The van der Waals surface area contributed by atoms with Crippen molar-refractivity contribution in [3.63, 3.8) is 0 Å². The van der Waals surface area contributed by atoms with Crippen molar-refractivity contribution in [2.45, 2.75) is 47.7 Å². The number of likely N-dealkylation sites (tertiary alicyclic amines) is 1. The van der Waals surface area contributed by atoms with Crippen molar-refractivity contribution in [1.82, 2.24) is 4.90 Å². The van der Waals surface area contributed by atoms with Crippen LogP contribution in [0.15, 0.2) is 66.7 Å². The molecular weight excluding hydrogens is 551 g/mol. The minimum absolute atomic E-state index is 0.117. The van der Waals surface area contributed by atoms with E-state index in [9.17, 15) is 5.11 Å². The van der Waals surface area contributed by atoms with E-state index in [1.807, 2.05) is 41.7 Å². The van der Waals surface area contributed by atoms with Gasteiger partial charge in [-0.1, -0.05) is 36.8 Å². The van der Waals surface area contributed by atoms with Crippen LogP contribution < -0.4 is 14.2 Å². The lowest BCUT2D eigenvalue weighted by Gasteiger charge is -2.50. The van der Waals surface area contributed by atoms with Crippen LogP contribution in [0.4, 0.5) is 0 Å². The first-order valence-electron chi connectivity index (χ1n) is 14.8. The lowest BCUT2D eigenvalue weighted by molar-refractivity contribution is 0.00467. The summed E-state index contributed by atoms with van der Waals surface area (Å²) < 4.78 is 16.7. The molecule has 1 aliphatic carbocycles. The second-order valence-corrected chi connectivity index (χ2v) is 14.1. The molecule has 0 spiro atoms. The predicted molar refractivity (Wildman–Crippen MR) is 170 cm³/mol. The van der Waals surface area contributed by atoms with Crippen LogP contribution in [-0.4, -0.2) is 62.0 Å². The summed E-state index contributed by atoms with van der Waals surface area (Å²) in [5, 5.41) is 13.3. The molecule has 1 N–H and O–H groups in total. The lowest BCUT2D eigenvalue weighted by atomic mass is 9.77.